The third-order valence-corrected chi connectivity index (χ3v) is 1.92. The summed E-state index contributed by atoms with van der Waals surface area (Å²) in [5.74, 6) is 0. The van der Waals surface area contributed by atoms with Crippen LogP contribution in [0.3, 0.4) is 0 Å². The smallest absolute Gasteiger partial charge is 0.276 e. The summed E-state index contributed by atoms with van der Waals surface area (Å²) in [5.41, 5.74) is 3.45. The molecule has 0 heterocycles. The molecule has 1 aromatic carbocycles. The second-order valence-corrected chi connectivity index (χ2v) is 3.39. The summed E-state index contributed by atoms with van der Waals surface area (Å²) >= 11 is 0. The van der Waals surface area contributed by atoms with E-state index < -0.39 is 12.6 Å². The predicted octanol–water partition coefficient (Wildman–Crippen LogP) is 3.76. The summed E-state index contributed by atoms with van der Waals surface area (Å²) in [4.78, 5) is 5.02. The Kier molecular flexibility index (Phi) is 5.11. The van der Waals surface area contributed by atoms with Gasteiger partial charge in [0, 0.05) is 6.42 Å². The Hall–Kier alpha value is -1.23. The summed E-state index contributed by atoms with van der Waals surface area (Å²) in [6, 6.07) is 9.19. The summed E-state index contributed by atoms with van der Waals surface area (Å²) in [7, 11) is 0. The lowest BCUT2D eigenvalue weighted by molar-refractivity contribution is -0.136. The highest BCUT2D eigenvalue weighted by Crippen LogP contribution is 2.22. The number of unbranched alkanes of at least 4 members (excludes halogenated alkanes) is 1. The summed E-state index contributed by atoms with van der Waals surface area (Å²) in [6.45, 7) is 0.269. The van der Waals surface area contributed by atoms with Gasteiger partial charge in [-0.1, -0.05) is 18.2 Å². The molecule has 5 heteroatoms. The first-order valence-electron chi connectivity index (χ1n) is 5.07. The van der Waals surface area contributed by atoms with Crippen LogP contribution in [0.15, 0.2) is 30.3 Å². The number of nitrogens with one attached hydrogen (secondary N) is 1. The van der Waals surface area contributed by atoms with Crippen LogP contribution in [0.25, 0.3) is 0 Å². The topological polar surface area (TPSA) is 21.3 Å². The van der Waals surface area contributed by atoms with Gasteiger partial charge in [-0.2, -0.15) is 13.2 Å². The summed E-state index contributed by atoms with van der Waals surface area (Å²) in [6.07, 6.45) is -4.33. The maximum atomic E-state index is 11.8. The van der Waals surface area contributed by atoms with Gasteiger partial charge in [-0.25, -0.2) is 0 Å². The highest BCUT2D eigenvalue weighted by Gasteiger charge is 2.25. The summed E-state index contributed by atoms with van der Waals surface area (Å²) in [5, 5.41) is 0. The molecule has 1 rings (SSSR count). The molecule has 0 atom stereocenters. The first-order chi connectivity index (χ1) is 7.58. The number of halogens is 3. The molecular formula is C11H14F3NO. The molecule has 0 saturated heterocycles. The van der Waals surface area contributed by atoms with Gasteiger partial charge >= 0.3 is 6.18 Å². The molecule has 0 spiro atoms. The van der Waals surface area contributed by atoms with Crippen LogP contribution in [0.2, 0.25) is 0 Å². The molecule has 16 heavy (non-hydrogen) atoms. The van der Waals surface area contributed by atoms with Gasteiger partial charge in [0.2, 0.25) is 0 Å². The zero-order valence-electron chi connectivity index (χ0n) is 8.76. The quantitative estimate of drug-likeness (QED) is 0.596. The molecule has 0 radical (unpaired) electrons. The van der Waals surface area contributed by atoms with Gasteiger partial charge in [-0.15, -0.1) is 0 Å². The Morgan fingerprint density at radius 1 is 1.06 bits per heavy atom. The van der Waals surface area contributed by atoms with E-state index in [1.165, 1.54) is 0 Å². The van der Waals surface area contributed by atoms with Crippen LogP contribution in [0.1, 0.15) is 19.3 Å². The Morgan fingerprint density at radius 3 is 2.38 bits per heavy atom. The van der Waals surface area contributed by atoms with Crippen molar-refractivity contribution in [2.75, 3.05) is 12.1 Å². The lowest BCUT2D eigenvalue weighted by Crippen LogP contribution is -2.08. The fourth-order valence-electron chi connectivity index (χ4n) is 1.14. The number of benzene rings is 1. The Bertz CT molecular complexity index is 287. The third kappa shape index (κ3) is 6.29. The van der Waals surface area contributed by atoms with Crippen molar-refractivity contribution in [1.82, 2.24) is 0 Å². The van der Waals surface area contributed by atoms with Crippen LogP contribution in [-0.4, -0.2) is 12.8 Å². The van der Waals surface area contributed by atoms with E-state index in [0.717, 1.165) is 5.69 Å². The van der Waals surface area contributed by atoms with Gasteiger partial charge in [0.15, 0.2) is 0 Å². The first-order valence-corrected chi connectivity index (χ1v) is 5.07. The molecule has 0 bridgehead atoms. The maximum Gasteiger partial charge on any atom is 0.389 e. The van der Waals surface area contributed by atoms with Crippen molar-refractivity contribution in [2.45, 2.75) is 25.4 Å². The van der Waals surface area contributed by atoms with Gasteiger partial charge < -0.3 is 0 Å². The van der Waals surface area contributed by atoms with E-state index in [2.05, 4.69) is 5.48 Å². The second-order valence-electron chi connectivity index (χ2n) is 3.39. The average Bonchev–Trinajstić information content (AvgIpc) is 2.23. The van der Waals surface area contributed by atoms with E-state index in [9.17, 15) is 13.2 Å². The van der Waals surface area contributed by atoms with Crippen molar-refractivity contribution in [3.8, 4) is 0 Å². The van der Waals surface area contributed by atoms with Crippen LogP contribution < -0.4 is 5.48 Å². The van der Waals surface area contributed by atoms with Crippen LogP contribution >= 0.6 is 0 Å². The zero-order chi connectivity index (χ0) is 11.9. The highest BCUT2D eigenvalue weighted by molar-refractivity contribution is 5.39. The Balaban J connectivity index is 2.01. The molecule has 0 aliphatic carbocycles. The van der Waals surface area contributed by atoms with Crippen LogP contribution in [0.5, 0.6) is 0 Å². The van der Waals surface area contributed by atoms with Gasteiger partial charge in [0.05, 0.1) is 12.3 Å². The van der Waals surface area contributed by atoms with Gasteiger partial charge in [0.25, 0.3) is 0 Å². The van der Waals surface area contributed by atoms with Crippen molar-refractivity contribution < 1.29 is 18.0 Å². The van der Waals surface area contributed by atoms with Crippen molar-refractivity contribution in [2.24, 2.45) is 0 Å². The monoisotopic (exact) mass is 233 g/mol. The fourth-order valence-corrected chi connectivity index (χ4v) is 1.14. The largest absolute Gasteiger partial charge is 0.389 e. The van der Waals surface area contributed by atoms with Crippen LogP contribution in [0, 0.1) is 0 Å². The van der Waals surface area contributed by atoms with E-state index >= 15 is 0 Å². The van der Waals surface area contributed by atoms with Crippen LogP contribution in [0.4, 0.5) is 18.9 Å². The number of hydrogen-bond donors (Lipinski definition) is 1. The minimum Gasteiger partial charge on any atom is -0.276 e. The molecule has 0 amide bonds. The van der Waals surface area contributed by atoms with Gasteiger partial charge in [-0.3, -0.25) is 10.3 Å². The molecule has 1 aromatic rings. The molecule has 0 unspecified atom stereocenters. The van der Waals surface area contributed by atoms with E-state index in [1.54, 1.807) is 0 Å². The number of alkyl halides is 3. The molecule has 2 nitrogen and oxygen atoms in total. The Morgan fingerprint density at radius 2 is 1.75 bits per heavy atom. The lowest BCUT2D eigenvalue weighted by Gasteiger charge is -2.07. The van der Waals surface area contributed by atoms with Crippen LogP contribution in [-0.2, 0) is 4.84 Å². The van der Waals surface area contributed by atoms with Crippen molar-refractivity contribution in [3.63, 3.8) is 0 Å². The lowest BCUT2D eigenvalue weighted by atomic mass is 10.2. The van der Waals surface area contributed by atoms with Crippen molar-refractivity contribution >= 4 is 5.69 Å². The van der Waals surface area contributed by atoms with Gasteiger partial charge in [-0.05, 0) is 25.0 Å². The molecule has 0 aliphatic rings. The molecular weight excluding hydrogens is 219 g/mol. The number of anilines is 1. The SMILES string of the molecule is FC(F)(F)CCCCONc1ccccc1. The normalized spacial score (nSPS) is 11.4. The van der Waals surface area contributed by atoms with E-state index in [1.807, 2.05) is 30.3 Å². The minimum absolute atomic E-state index is 0.0972. The predicted molar refractivity (Wildman–Crippen MR) is 55.9 cm³/mol. The van der Waals surface area contributed by atoms with E-state index in [4.69, 9.17) is 4.84 Å². The summed E-state index contributed by atoms with van der Waals surface area (Å²) < 4.78 is 35.3. The maximum absolute atomic E-state index is 11.8. The molecule has 0 aromatic heterocycles. The fraction of sp³-hybridized carbons (Fsp3) is 0.455. The van der Waals surface area contributed by atoms with Gasteiger partial charge in [0.1, 0.15) is 0 Å². The third-order valence-electron chi connectivity index (χ3n) is 1.92. The molecule has 0 fully saturated rings. The second kappa shape index (κ2) is 6.37. The molecule has 1 N–H and O–H groups in total. The minimum atomic E-state index is -4.06. The average molecular weight is 233 g/mol. The van der Waals surface area contributed by atoms with Crippen molar-refractivity contribution in [3.05, 3.63) is 30.3 Å². The first kappa shape index (κ1) is 12.8. The van der Waals surface area contributed by atoms with E-state index in [-0.39, 0.29) is 13.0 Å². The Labute approximate surface area is 92.4 Å². The number of hydrogen-bond acceptors (Lipinski definition) is 2. The number of para-hydroxylation sites is 1. The van der Waals surface area contributed by atoms with Crippen molar-refractivity contribution in [1.29, 1.82) is 0 Å². The molecule has 0 saturated carbocycles. The number of rotatable bonds is 6. The molecule has 90 valence electrons. The van der Waals surface area contributed by atoms with E-state index in [0.29, 0.717) is 6.42 Å². The zero-order valence-corrected chi connectivity index (χ0v) is 8.76. The molecule has 0 aliphatic heterocycles. The standard InChI is InChI=1S/C11H14F3NO/c12-11(13,14)8-4-5-9-16-15-10-6-2-1-3-7-10/h1-3,6-7,15H,4-5,8-9H2. The highest BCUT2D eigenvalue weighted by atomic mass is 19.4.